The number of halogens is 1. The Hall–Kier alpha value is -3.16. The summed E-state index contributed by atoms with van der Waals surface area (Å²) in [5.41, 5.74) is 6.44. The number of rotatable bonds is 5. The van der Waals surface area contributed by atoms with Crippen LogP contribution in [0.5, 0.6) is 0 Å². The number of anilines is 3. The zero-order chi connectivity index (χ0) is 26.3. The third-order valence-electron chi connectivity index (χ3n) is 7.55. The second-order valence-corrected chi connectivity index (χ2v) is 11.4. The van der Waals surface area contributed by atoms with E-state index in [9.17, 15) is 4.79 Å². The maximum atomic E-state index is 12.4. The van der Waals surface area contributed by atoms with E-state index in [-0.39, 0.29) is 11.3 Å². The molecule has 5 rings (SSSR count). The zero-order valence-electron chi connectivity index (χ0n) is 22.2. The Morgan fingerprint density at radius 2 is 1.84 bits per heavy atom. The highest BCUT2D eigenvalue weighted by Crippen LogP contribution is 2.35. The minimum absolute atomic E-state index is 0.0437. The smallest absolute Gasteiger partial charge is 0.251 e. The van der Waals surface area contributed by atoms with Gasteiger partial charge in [-0.1, -0.05) is 37.6 Å². The number of hydrogen-bond donors (Lipinski definition) is 2. The summed E-state index contributed by atoms with van der Waals surface area (Å²) in [6.45, 7) is 15.7. The van der Waals surface area contributed by atoms with E-state index in [0.29, 0.717) is 34.8 Å². The molecule has 7 nitrogen and oxygen atoms in total. The van der Waals surface area contributed by atoms with Gasteiger partial charge >= 0.3 is 0 Å². The Labute approximate surface area is 224 Å². The Balaban J connectivity index is 1.40. The fraction of sp³-hybridized carbons (Fsp3) is 0.414. The number of nitrogens with zero attached hydrogens (tertiary/aromatic N) is 4. The lowest BCUT2D eigenvalue weighted by Gasteiger charge is -2.38. The molecular formula is C29H35ClN6O. The predicted octanol–water partition coefficient (Wildman–Crippen LogP) is 5.40. The van der Waals surface area contributed by atoms with Crippen LogP contribution in [0.3, 0.4) is 0 Å². The predicted molar refractivity (Wildman–Crippen MR) is 151 cm³/mol. The third kappa shape index (κ3) is 5.15. The van der Waals surface area contributed by atoms with Crippen LogP contribution in [0.2, 0.25) is 5.02 Å². The van der Waals surface area contributed by atoms with Crippen molar-refractivity contribution in [1.29, 1.82) is 0 Å². The fourth-order valence-electron chi connectivity index (χ4n) is 5.21. The first-order valence-electron chi connectivity index (χ1n) is 12.9. The molecule has 8 heteroatoms. The zero-order valence-corrected chi connectivity index (χ0v) is 23.0. The van der Waals surface area contributed by atoms with Crippen molar-refractivity contribution in [3.05, 3.63) is 64.3 Å². The normalized spacial score (nSPS) is 17.5. The van der Waals surface area contributed by atoms with Gasteiger partial charge < -0.3 is 15.5 Å². The molecule has 37 heavy (non-hydrogen) atoms. The number of benzene rings is 2. The molecule has 3 heterocycles. The monoisotopic (exact) mass is 518 g/mol. The summed E-state index contributed by atoms with van der Waals surface area (Å²) in [4.78, 5) is 26.6. The van der Waals surface area contributed by atoms with Gasteiger partial charge in [-0.05, 0) is 56.2 Å². The first-order chi connectivity index (χ1) is 17.6. The van der Waals surface area contributed by atoms with Crippen molar-refractivity contribution in [2.24, 2.45) is 0 Å². The number of carbonyl (C=O) groups is 1. The molecule has 1 aromatic heterocycles. The second-order valence-electron chi connectivity index (χ2n) is 11.0. The van der Waals surface area contributed by atoms with Crippen LogP contribution in [0.4, 0.5) is 17.3 Å². The molecule has 2 aliphatic heterocycles. The van der Waals surface area contributed by atoms with E-state index in [1.165, 1.54) is 11.3 Å². The lowest BCUT2D eigenvalue weighted by atomic mass is 9.78. The Morgan fingerprint density at radius 3 is 2.57 bits per heavy atom. The maximum Gasteiger partial charge on any atom is 0.251 e. The van der Waals surface area contributed by atoms with Gasteiger partial charge in [0, 0.05) is 66.7 Å². The van der Waals surface area contributed by atoms with Crippen LogP contribution in [0.25, 0.3) is 11.3 Å². The van der Waals surface area contributed by atoms with E-state index < -0.39 is 0 Å². The standard InChI is InChI=1S/C29H35ClN6O/c1-18(2)35-10-12-36(13-11-35)25-15-21(8-6-19(25)3)33-28-31-16-24(30)26(34-28)20-7-9-22-23(14-20)29(4,5)17-32-27(22)37/h6-9,14-16,18H,10-13,17H2,1-5H3,(H,32,37)(H,31,33,34). The lowest BCUT2D eigenvalue weighted by molar-refractivity contribution is 0.0930. The molecule has 0 spiro atoms. The first-order valence-corrected chi connectivity index (χ1v) is 13.3. The van der Waals surface area contributed by atoms with Crippen LogP contribution >= 0.6 is 11.6 Å². The van der Waals surface area contributed by atoms with Gasteiger partial charge in [0.15, 0.2) is 0 Å². The lowest BCUT2D eigenvalue weighted by Crippen LogP contribution is -2.49. The highest BCUT2D eigenvalue weighted by atomic mass is 35.5. The van der Waals surface area contributed by atoms with Crippen molar-refractivity contribution in [2.75, 3.05) is 42.9 Å². The number of hydrogen-bond acceptors (Lipinski definition) is 6. The SMILES string of the molecule is Cc1ccc(Nc2ncc(Cl)c(-c3ccc4c(c3)C(C)(C)CNC4=O)n2)cc1N1CCN(C(C)C)CC1. The minimum Gasteiger partial charge on any atom is -0.369 e. The fourth-order valence-corrected chi connectivity index (χ4v) is 5.41. The molecule has 1 fully saturated rings. The molecule has 0 unspecified atom stereocenters. The largest absolute Gasteiger partial charge is 0.369 e. The summed E-state index contributed by atoms with van der Waals surface area (Å²) in [5, 5.41) is 6.82. The third-order valence-corrected chi connectivity index (χ3v) is 7.83. The van der Waals surface area contributed by atoms with Crippen molar-refractivity contribution < 1.29 is 4.79 Å². The van der Waals surface area contributed by atoms with E-state index in [0.717, 1.165) is 43.0 Å². The molecule has 0 radical (unpaired) electrons. The van der Waals surface area contributed by atoms with E-state index >= 15 is 0 Å². The van der Waals surface area contributed by atoms with Crippen molar-refractivity contribution in [3.63, 3.8) is 0 Å². The van der Waals surface area contributed by atoms with Crippen LogP contribution in [-0.4, -0.2) is 59.5 Å². The Morgan fingerprint density at radius 1 is 1.08 bits per heavy atom. The van der Waals surface area contributed by atoms with Gasteiger partial charge in [0.2, 0.25) is 5.95 Å². The number of aromatic nitrogens is 2. The quantitative estimate of drug-likeness (QED) is 0.471. The summed E-state index contributed by atoms with van der Waals surface area (Å²) in [6, 6.07) is 12.7. The molecular weight excluding hydrogens is 484 g/mol. The van der Waals surface area contributed by atoms with Gasteiger partial charge in [0.25, 0.3) is 5.91 Å². The number of fused-ring (bicyclic) bond motifs is 1. The van der Waals surface area contributed by atoms with Gasteiger partial charge in [0.05, 0.1) is 16.9 Å². The highest BCUT2D eigenvalue weighted by molar-refractivity contribution is 6.33. The average molecular weight is 519 g/mol. The van der Waals surface area contributed by atoms with E-state index in [1.807, 2.05) is 18.2 Å². The van der Waals surface area contributed by atoms with Crippen LogP contribution in [0.15, 0.2) is 42.6 Å². The van der Waals surface area contributed by atoms with Crippen molar-refractivity contribution >= 4 is 34.8 Å². The van der Waals surface area contributed by atoms with Gasteiger partial charge in [-0.15, -0.1) is 0 Å². The van der Waals surface area contributed by atoms with Crippen LogP contribution in [-0.2, 0) is 5.41 Å². The van der Waals surface area contributed by atoms with E-state index in [4.69, 9.17) is 16.6 Å². The van der Waals surface area contributed by atoms with Crippen LogP contribution in [0, 0.1) is 6.92 Å². The molecule has 2 aliphatic rings. The maximum absolute atomic E-state index is 12.4. The number of nitrogens with one attached hydrogen (secondary N) is 2. The molecule has 2 aromatic carbocycles. The first kappa shape index (κ1) is 25.5. The molecule has 1 amide bonds. The van der Waals surface area contributed by atoms with E-state index in [1.54, 1.807) is 6.20 Å². The molecule has 1 saturated heterocycles. The van der Waals surface area contributed by atoms with Gasteiger partial charge in [-0.2, -0.15) is 0 Å². The van der Waals surface area contributed by atoms with Crippen molar-refractivity contribution in [3.8, 4) is 11.3 Å². The van der Waals surface area contributed by atoms with Crippen molar-refractivity contribution in [1.82, 2.24) is 20.2 Å². The summed E-state index contributed by atoms with van der Waals surface area (Å²) < 4.78 is 0. The topological polar surface area (TPSA) is 73.4 Å². The number of piperazine rings is 1. The average Bonchev–Trinajstić information content (AvgIpc) is 2.88. The molecule has 194 valence electrons. The Kier molecular flexibility index (Phi) is 6.86. The van der Waals surface area contributed by atoms with Crippen LogP contribution < -0.4 is 15.5 Å². The summed E-state index contributed by atoms with van der Waals surface area (Å²) in [6.07, 6.45) is 1.63. The molecule has 0 bridgehead atoms. The van der Waals surface area contributed by atoms with Crippen LogP contribution in [0.1, 0.15) is 49.2 Å². The highest BCUT2D eigenvalue weighted by Gasteiger charge is 2.32. The van der Waals surface area contributed by atoms with E-state index in [2.05, 4.69) is 78.2 Å². The van der Waals surface area contributed by atoms with Gasteiger partial charge in [-0.25, -0.2) is 9.97 Å². The summed E-state index contributed by atoms with van der Waals surface area (Å²) in [7, 11) is 0. The molecule has 2 N–H and O–H groups in total. The van der Waals surface area contributed by atoms with Gasteiger partial charge in [-0.3, -0.25) is 9.69 Å². The van der Waals surface area contributed by atoms with Crippen molar-refractivity contribution in [2.45, 2.75) is 46.1 Å². The van der Waals surface area contributed by atoms with Gasteiger partial charge in [0.1, 0.15) is 0 Å². The Bertz CT molecular complexity index is 1330. The summed E-state index contributed by atoms with van der Waals surface area (Å²) in [5.74, 6) is 0.436. The molecule has 0 aliphatic carbocycles. The number of carbonyl (C=O) groups excluding carboxylic acids is 1. The number of aryl methyl sites for hydroxylation is 1. The summed E-state index contributed by atoms with van der Waals surface area (Å²) >= 11 is 6.56. The molecule has 0 saturated carbocycles. The molecule has 0 atom stereocenters. The number of amides is 1. The minimum atomic E-state index is -0.182. The second kappa shape index (κ2) is 9.95. The molecule has 3 aromatic rings.